The van der Waals surface area contributed by atoms with E-state index in [2.05, 4.69) is 17.8 Å². The maximum Gasteiger partial charge on any atom is 0.170 e. The molecule has 2 aromatic carbocycles. The lowest BCUT2D eigenvalue weighted by molar-refractivity contribution is 0.306. The molecule has 0 N–H and O–H groups in total. The minimum Gasteiger partial charge on any atom is -0.489 e. The molecular weight excluding hydrogens is 270 g/mol. The standard InChI is InChI=1S/C16H15NO2S/c20-9-8-15-14-7-6-13(10-16(14)19-17-15)18-11-12-4-2-1-3-5-12/h1-7,10,20H,8-9,11H2. The first kappa shape index (κ1) is 13.1. The third-order valence-corrected chi connectivity index (χ3v) is 3.34. The van der Waals surface area contributed by atoms with Gasteiger partial charge in [-0.3, -0.25) is 0 Å². The first-order valence-corrected chi connectivity index (χ1v) is 7.16. The molecule has 3 rings (SSSR count). The van der Waals surface area contributed by atoms with Crippen LogP contribution in [0.4, 0.5) is 0 Å². The van der Waals surface area contributed by atoms with Crippen molar-refractivity contribution in [1.29, 1.82) is 0 Å². The predicted octanol–water partition coefficient (Wildman–Crippen LogP) is 3.88. The Morgan fingerprint density at radius 1 is 1.10 bits per heavy atom. The van der Waals surface area contributed by atoms with E-state index in [0.717, 1.165) is 40.1 Å². The van der Waals surface area contributed by atoms with E-state index < -0.39 is 0 Å². The van der Waals surface area contributed by atoms with Gasteiger partial charge in [0.2, 0.25) is 0 Å². The van der Waals surface area contributed by atoms with Crippen LogP contribution in [0, 0.1) is 0 Å². The molecule has 3 aromatic rings. The third kappa shape index (κ3) is 2.80. The Labute approximate surface area is 122 Å². The highest BCUT2D eigenvalue weighted by atomic mass is 32.1. The molecule has 3 nitrogen and oxygen atoms in total. The monoisotopic (exact) mass is 285 g/mol. The number of ether oxygens (including phenoxy) is 1. The minimum atomic E-state index is 0.546. The van der Waals surface area contributed by atoms with Gasteiger partial charge in [0.05, 0.1) is 5.69 Å². The quantitative estimate of drug-likeness (QED) is 0.723. The summed E-state index contributed by atoms with van der Waals surface area (Å²) < 4.78 is 11.1. The van der Waals surface area contributed by atoms with Crippen molar-refractivity contribution >= 4 is 23.6 Å². The van der Waals surface area contributed by atoms with Gasteiger partial charge in [-0.25, -0.2) is 0 Å². The van der Waals surface area contributed by atoms with Gasteiger partial charge in [0, 0.05) is 17.9 Å². The van der Waals surface area contributed by atoms with E-state index in [1.165, 1.54) is 0 Å². The summed E-state index contributed by atoms with van der Waals surface area (Å²) in [6.07, 6.45) is 0.806. The fourth-order valence-electron chi connectivity index (χ4n) is 2.09. The molecule has 0 aliphatic heterocycles. The van der Waals surface area contributed by atoms with Crippen molar-refractivity contribution in [2.24, 2.45) is 0 Å². The average molecular weight is 285 g/mol. The molecule has 1 heterocycles. The first-order chi connectivity index (χ1) is 9.86. The molecule has 0 spiro atoms. The Morgan fingerprint density at radius 3 is 2.75 bits per heavy atom. The number of aryl methyl sites for hydroxylation is 1. The molecule has 4 heteroatoms. The lowest BCUT2D eigenvalue weighted by Gasteiger charge is -2.05. The fourth-order valence-corrected chi connectivity index (χ4v) is 2.30. The fraction of sp³-hybridized carbons (Fsp3) is 0.188. The van der Waals surface area contributed by atoms with Crippen molar-refractivity contribution in [2.45, 2.75) is 13.0 Å². The largest absolute Gasteiger partial charge is 0.489 e. The predicted molar refractivity (Wildman–Crippen MR) is 82.3 cm³/mol. The zero-order chi connectivity index (χ0) is 13.8. The van der Waals surface area contributed by atoms with Crippen molar-refractivity contribution in [3.63, 3.8) is 0 Å². The van der Waals surface area contributed by atoms with Crippen molar-refractivity contribution < 1.29 is 9.26 Å². The highest BCUT2D eigenvalue weighted by Crippen LogP contribution is 2.24. The summed E-state index contributed by atoms with van der Waals surface area (Å²) in [6.45, 7) is 0.546. The Morgan fingerprint density at radius 2 is 1.95 bits per heavy atom. The van der Waals surface area contributed by atoms with Crippen LogP contribution in [0.1, 0.15) is 11.3 Å². The highest BCUT2D eigenvalue weighted by Gasteiger charge is 2.08. The lowest BCUT2D eigenvalue weighted by atomic mass is 10.2. The number of fused-ring (bicyclic) bond motifs is 1. The molecule has 0 amide bonds. The molecule has 0 saturated heterocycles. The van der Waals surface area contributed by atoms with Gasteiger partial charge in [-0.2, -0.15) is 12.6 Å². The molecule has 0 unspecified atom stereocenters. The van der Waals surface area contributed by atoms with Crippen LogP contribution in [0.25, 0.3) is 11.0 Å². The van der Waals surface area contributed by atoms with E-state index in [9.17, 15) is 0 Å². The molecule has 0 bridgehead atoms. The van der Waals surface area contributed by atoms with E-state index in [-0.39, 0.29) is 0 Å². The molecule has 0 aliphatic carbocycles. The van der Waals surface area contributed by atoms with Crippen LogP contribution in [0.2, 0.25) is 0 Å². The van der Waals surface area contributed by atoms with Gasteiger partial charge in [0.25, 0.3) is 0 Å². The summed E-state index contributed by atoms with van der Waals surface area (Å²) in [7, 11) is 0. The van der Waals surface area contributed by atoms with E-state index in [4.69, 9.17) is 9.26 Å². The molecule has 0 aliphatic rings. The van der Waals surface area contributed by atoms with E-state index in [0.29, 0.717) is 6.61 Å². The lowest BCUT2D eigenvalue weighted by Crippen LogP contribution is -1.94. The molecule has 0 atom stereocenters. The Hall–Kier alpha value is -1.94. The SMILES string of the molecule is SCCc1noc2cc(OCc3ccccc3)ccc12. The summed E-state index contributed by atoms with van der Waals surface area (Å²) in [4.78, 5) is 0. The molecule has 0 saturated carbocycles. The van der Waals surface area contributed by atoms with E-state index >= 15 is 0 Å². The first-order valence-electron chi connectivity index (χ1n) is 6.53. The minimum absolute atomic E-state index is 0.546. The summed E-state index contributed by atoms with van der Waals surface area (Å²) in [5.41, 5.74) is 2.85. The number of aromatic nitrogens is 1. The van der Waals surface area contributed by atoms with Crippen LogP contribution in [0.3, 0.4) is 0 Å². The van der Waals surface area contributed by atoms with Gasteiger partial charge >= 0.3 is 0 Å². The van der Waals surface area contributed by atoms with Gasteiger partial charge < -0.3 is 9.26 Å². The zero-order valence-electron chi connectivity index (χ0n) is 11.0. The van der Waals surface area contributed by atoms with Gasteiger partial charge in [0.15, 0.2) is 5.58 Å². The van der Waals surface area contributed by atoms with Crippen LogP contribution < -0.4 is 4.74 Å². The number of thiol groups is 1. The van der Waals surface area contributed by atoms with Gasteiger partial charge in [-0.05, 0) is 23.4 Å². The second-order valence-electron chi connectivity index (χ2n) is 4.54. The maximum atomic E-state index is 5.77. The highest BCUT2D eigenvalue weighted by molar-refractivity contribution is 7.80. The summed E-state index contributed by atoms with van der Waals surface area (Å²) in [5.74, 6) is 1.54. The molecule has 102 valence electrons. The van der Waals surface area contributed by atoms with E-state index in [1.807, 2.05) is 48.5 Å². The van der Waals surface area contributed by atoms with Crippen molar-refractivity contribution in [3.8, 4) is 5.75 Å². The smallest absolute Gasteiger partial charge is 0.170 e. The number of benzene rings is 2. The van der Waals surface area contributed by atoms with Crippen molar-refractivity contribution in [2.75, 3.05) is 5.75 Å². The average Bonchev–Trinajstić information content (AvgIpc) is 2.89. The van der Waals surface area contributed by atoms with Crippen molar-refractivity contribution in [1.82, 2.24) is 5.16 Å². The van der Waals surface area contributed by atoms with Crippen LogP contribution in [-0.4, -0.2) is 10.9 Å². The number of rotatable bonds is 5. The maximum absolute atomic E-state index is 5.77. The normalized spacial score (nSPS) is 10.8. The Kier molecular flexibility index (Phi) is 3.92. The molecule has 0 radical (unpaired) electrons. The third-order valence-electron chi connectivity index (χ3n) is 3.12. The second kappa shape index (κ2) is 6.01. The number of nitrogens with zero attached hydrogens (tertiary/aromatic N) is 1. The Bertz CT molecular complexity index is 694. The molecular formula is C16H15NO2S. The zero-order valence-corrected chi connectivity index (χ0v) is 11.8. The summed E-state index contributed by atoms with van der Waals surface area (Å²) in [6, 6.07) is 15.9. The molecule has 0 fully saturated rings. The van der Waals surface area contributed by atoms with Crippen LogP contribution in [-0.2, 0) is 13.0 Å². The van der Waals surface area contributed by atoms with Crippen molar-refractivity contribution in [3.05, 3.63) is 59.8 Å². The second-order valence-corrected chi connectivity index (χ2v) is 4.98. The topological polar surface area (TPSA) is 35.3 Å². The number of hydrogen-bond acceptors (Lipinski definition) is 4. The summed E-state index contributed by atoms with van der Waals surface area (Å²) in [5, 5.41) is 5.10. The number of hydrogen-bond donors (Lipinski definition) is 1. The van der Waals surface area contributed by atoms with Gasteiger partial charge in [-0.15, -0.1) is 0 Å². The van der Waals surface area contributed by atoms with E-state index in [1.54, 1.807) is 0 Å². The van der Waals surface area contributed by atoms with Gasteiger partial charge in [-0.1, -0.05) is 35.5 Å². The summed E-state index contributed by atoms with van der Waals surface area (Å²) >= 11 is 4.22. The van der Waals surface area contributed by atoms with Crippen LogP contribution >= 0.6 is 12.6 Å². The Balaban J connectivity index is 1.76. The molecule has 1 aromatic heterocycles. The van der Waals surface area contributed by atoms with Crippen LogP contribution in [0.5, 0.6) is 5.75 Å². The van der Waals surface area contributed by atoms with Crippen LogP contribution in [0.15, 0.2) is 53.1 Å². The van der Waals surface area contributed by atoms with Gasteiger partial charge in [0.1, 0.15) is 12.4 Å². The molecule has 20 heavy (non-hydrogen) atoms.